The zero-order chi connectivity index (χ0) is 14.4. The van der Waals surface area contributed by atoms with Gasteiger partial charge in [-0.2, -0.15) is 0 Å². The first-order valence-corrected chi connectivity index (χ1v) is 8.25. The molecule has 1 heterocycles. The minimum atomic E-state index is 0.809. The van der Waals surface area contributed by atoms with Crippen molar-refractivity contribution in [2.75, 3.05) is 31.5 Å². The molecule has 0 amide bonds. The van der Waals surface area contributed by atoms with Crippen molar-refractivity contribution in [2.45, 2.75) is 33.1 Å². The van der Waals surface area contributed by atoms with Gasteiger partial charge in [-0.25, -0.2) is 0 Å². The molecule has 0 bridgehead atoms. The van der Waals surface area contributed by atoms with Crippen LogP contribution in [0, 0.1) is 11.8 Å². The zero-order valence-corrected chi connectivity index (χ0v) is 13.5. The van der Waals surface area contributed by atoms with E-state index >= 15 is 0 Å². The van der Waals surface area contributed by atoms with Crippen molar-refractivity contribution in [3.05, 3.63) is 29.3 Å². The molecule has 112 valence electrons. The van der Waals surface area contributed by atoms with Gasteiger partial charge in [0.2, 0.25) is 0 Å². The number of halogens is 1. The summed E-state index contributed by atoms with van der Waals surface area (Å²) in [6.45, 7) is 9.28. The first-order chi connectivity index (χ1) is 9.66. The van der Waals surface area contributed by atoms with Crippen LogP contribution in [-0.2, 0) is 0 Å². The van der Waals surface area contributed by atoms with Crippen LogP contribution in [-0.4, -0.2) is 31.1 Å². The summed E-state index contributed by atoms with van der Waals surface area (Å²) in [6.07, 6.45) is 4.09. The average molecular weight is 295 g/mol. The summed E-state index contributed by atoms with van der Waals surface area (Å²) in [6, 6.07) is 7.96. The van der Waals surface area contributed by atoms with Gasteiger partial charge in [0.05, 0.1) is 10.7 Å². The molecule has 1 unspecified atom stereocenters. The van der Waals surface area contributed by atoms with Gasteiger partial charge in [-0.1, -0.05) is 37.6 Å². The van der Waals surface area contributed by atoms with Crippen molar-refractivity contribution in [3.8, 4) is 0 Å². The Morgan fingerprint density at radius 1 is 1.25 bits per heavy atom. The molecule has 0 aromatic heterocycles. The summed E-state index contributed by atoms with van der Waals surface area (Å²) in [5, 5.41) is 4.25. The molecule has 2 nitrogen and oxygen atoms in total. The van der Waals surface area contributed by atoms with Crippen molar-refractivity contribution in [1.82, 2.24) is 4.90 Å². The molecule has 2 rings (SSSR count). The highest BCUT2D eigenvalue weighted by molar-refractivity contribution is 6.33. The summed E-state index contributed by atoms with van der Waals surface area (Å²) in [5.74, 6) is 1.74. The molecule has 20 heavy (non-hydrogen) atoms. The van der Waals surface area contributed by atoms with Gasteiger partial charge in [-0.05, 0) is 56.3 Å². The Morgan fingerprint density at radius 3 is 2.80 bits per heavy atom. The SMILES string of the molecule is CC(C)C1CCCN(CCNc2ccccc2Cl)CC1. The number of nitrogens with zero attached hydrogens (tertiary/aromatic N) is 1. The molecule has 1 N–H and O–H groups in total. The predicted molar refractivity (Wildman–Crippen MR) is 88.6 cm³/mol. The molecule has 1 atom stereocenters. The molecule has 0 spiro atoms. The monoisotopic (exact) mass is 294 g/mol. The fraction of sp³-hybridized carbons (Fsp3) is 0.647. The van der Waals surface area contributed by atoms with Gasteiger partial charge in [-0.15, -0.1) is 0 Å². The van der Waals surface area contributed by atoms with Gasteiger partial charge in [0, 0.05) is 13.1 Å². The zero-order valence-electron chi connectivity index (χ0n) is 12.7. The van der Waals surface area contributed by atoms with E-state index in [1.165, 1.54) is 32.4 Å². The molecule has 0 aliphatic carbocycles. The lowest BCUT2D eigenvalue weighted by Crippen LogP contribution is -2.30. The van der Waals surface area contributed by atoms with Crippen molar-refractivity contribution in [2.24, 2.45) is 11.8 Å². The van der Waals surface area contributed by atoms with E-state index in [4.69, 9.17) is 11.6 Å². The largest absolute Gasteiger partial charge is 0.383 e. The molecule has 1 saturated heterocycles. The third-order valence-electron chi connectivity index (χ3n) is 4.43. The molecule has 3 heteroatoms. The summed E-state index contributed by atoms with van der Waals surface area (Å²) in [7, 11) is 0. The Morgan fingerprint density at radius 2 is 2.05 bits per heavy atom. The van der Waals surface area contributed by atoms with Gasteiger partial charge in [0.25, 0.3) is 0 Å². The quantitative estimate of drug-likeness (QED) is 0.859. The molecular formula is C17H27ClN2. The fourth-order valence-corrected chi connectivity index (χ4v) is 3.23. The number of rotatable bonds is 5. The average Bonchev–Trinajstić information content (AvgIpc) is 2.67. The highest BCUT2D eigenvalue weighted by atomic mass is 35.5. The van der Waals surface area contributed by atoms with E-state index in [9.17, 15) is 0 Å². The molecule has 1 aliphatic heterocycles. The second-order valence-electron chi connectivity index (χ2n) is 6.18. The number of para-hydroxylation sites is 1. The Labute approximate surface area is 128 Å². The van der Waals surface area contributed by atoms with Crippen molar-refractivity contribution in [1.29, 1.82) is 0 Å². The number of hydrogen-bond acceptors (Lipinski definition) is 2. The maximum atomic E-state index is 6.15. The molecule has 0 saturated carbocycles. The lowest BCUT2D eigenvalue weighted by atomic mass is 9.89. The van der Waals surface area contributed by atoms with Gasteiger partial charge in [0.15, 0.2) is 0 Å². The third kappa shape index (κ3) is 4.68. The van der Waals surface area contributed by atoms with E-state index < -0.39 is 0 Å². The van der Waals surface area contributed by atoms with Crippen LogP contribution in [0.25, 0.3) is 0 Å². The molecule has 1 fully saturated rings. The van der Waals surface area contributed by atoms with Crippen LogP contribution >= 0.6 is 11.6 Å². The predicted octanol–water partition coefficient (Wildman–Crippen LogP) is 4.51. The Kier molecular flexibility index (Phi) is 6.18. The number of nitrogens with one attached hydrogen (secondary N) is 1. The third-order valence-corrected chi connectivity index (χ3v) is 4.76. The van der Waals surface area contributed by atoms with Crippen LogP contribution in [0.3, 0.4) is 0 Å². The van der Waals surface area contributed by atoms with Crippen LogP contribution in [0.15, 0.2) is 24.3 Å². The first-order valence-electron chi connectivity index (χ1n) is 7.87. The van der Waals surface area contributed by atoms with Gasteiger partial charge >= 0.3 is 0 Å². The minimum absolute atomic E-state index is 0.809. The molecule has 0 radical (unpaired) electrons. The number of likely N-dealkylation sites (tertiary alicyclic amines) is 1. The first kappa shape index (κ1) is 15.7. The lowest BCUT2D eigenvalue weighted by molar-refractivity contribution is 0.281. The van der Waals surface area contributed by atoms with Crippen LogP contribution in [0.1, 0.15) is 33.1 Å². The van der Waals surface area contributed by atoms with Crippen LogP contribution in [0.2, 0.25) is 5.02 Å². The van der Waals surface area contributed by atoms with Crippen molar-refractivity contribution < 1.29 is 0 Å². The Hall–Kier alpha value is -0.730. The van der Waals surface area contributed by atoms with E-state index in [1.807, 2.05) is 24.3 Å². The van der Waals surface area contributed by atoms with Crippen LogP contribution in [0.5, 0.6) is 0 Å². The van der Waals surface area contributed by atoms with Crippen LogP contribution < -0.4 is 5.32 Å². The number of benzene rings is 1. The van der Waals surface area contributed by atoms with Gasteiger partial charge in [0.1, 0.15) is 0 Å². The van der Waals surface area contributed by atoms with E-state index in [0.29, 0.717) is 0 Å². The highest BCUT2D eigenvalue weighted by Crippen LogP contribution is 2.24. The number of anilines is 1. The molecule has 1 aromatic carbocycles. The maximum absolute atomic E-state index is 6.15. The van der Waals surface area contributed by atoms with Gasteiger partial charge in [-0.3, -0.25) is 0 Å². The Balaban J connectivity index is 1.73. The highest BCUT2D eigenvalue weighted by Gasteiger charge is 2.18. The van der Waals surface area contributed by atoms with Gasteiger partial charge < -0.3 is 10.2 Å². The van der Waals surface area contributed by atoms with Crippen molar-refractivity contribution in [3.63, 3.8) is 0 Å². The van der Waals surface area contributed by atoms with E-state index in [-0.39, 0.29) is 0 Å². The van der Waals surface area contributed by atoms with E-state index in [2.05, 4.69) is 24.1 Å². The lowest BCUT2D eigenvalue weighted by Gasteiger charge is -2.21. The standard InChI is InChI=1S/C17H27ClN2/c1-14(2)15-6-5-11-20(12-9-15)13-10-19-17-8-4-3-7-16(17)18/h3-4,7-8,14-15,19H,5-6,9-13H2,1-2H3. The second kappa shape index (κ2) is 7.90. The van der Waals surface area contributed by atoms with Crippen molar-refractivity contribution >= 4 is 17.3 Å². The summed E-state index contributed by atoms with van der Waals surface area (Å²) in [5.41, 5.74) is 1.05. The smallest absolute Gasteiger partial charge is 0.0637 e. The van der Waals surface area contributed by atoms with E-state index in [0.717, 1.165) is 35.6 Å². The number of hydrogen-bond donors (Lipinski definition) is 1. The summed E-state index contributed by atoms with van der Waals surface area (Å²) >= 11 is 6.15. The summed E-state index contributed by atoms with van der Waals surface area (Å²) < 4.78 is 0. The van der Waals surface area contributed by atoms with E-state index in [1.54, 1.807) is 0 Å². The maximum Gasteiger partial charge on any atom is 0.0637 e. The molecule has 1 aliphatic rings. The minimum Gasteiger partial charge on any atom is -0.383 e. The fourth-order valence-electron chi connectivity index (χ4n) is 3.03. The topological polar surface area (TPSA) is 15.3 Å². The molecular weight excluding hydrogens is 268 g/mol. The summed E-state index contributed by atoms with van der Waals surface area (Å²) in [4.78, 5) is 2.59. The Bertz CT molecular complexity index is 406. The van der Waals surface area contributed by atoms with Crippen LogP contribution in [0.4, 0.5) is 5.69 Å². The molecule has 1 aromatic rings. The second-order valence-corrected chi connectivity index (χ2v) is 6.59. The normalized spacial score (nSPS) is 20.9.